The highest BCUT2D eigenvalue weighted by Gasteiger charge is 2.12. The molecule has 0 radical (unpaired) electrons. The fourth-order valence-electron chi connectivity index (χ4n) is 1.92. The highest BCUT2D eigenvalue weighted by atomic mass is 35.5. The van der Waals surface area contributed by atoms with Crippen molar-refractivity contribution in [2.45, 2.75) is 0 Å². The Bertz CT molecular complexity index is 772. The second-order valence-electron chi connectivity index (χ2n) is 4.02. The number of nitrogens with zero attached hydrogens (tertiary/aromatic N) is 4. The van der Waals surface area contributed by atoms with Gasteiger partial charge in [0, 0.05) is 5.56 Å². The molecule has 20 heavy (non-hydrogen) atoms. The molecule has 0 fully saturated rings. The molecule has 0 bridgehead atoms. The lowest BCUT2D eigenvalue weighted by molar-refractivity contribution is 0.355. The van der Waals surface area contributed by atoms with Crippen molar-refractivity contribution in [1.29, 1.82) is 0 Å². The van der Waals surface area contributed by atoms with Crippen LogP contribution < -0.4 is 9.47 Å². The molecule has 0 aliphatic heterocycles. The van der Waals surface area contributed by atoms with E-state index in [0.717, 1.165) is 5.56 Å². The minimum atomic E-state index is 0.374. The molecule has 0 saturated heterocycles. The van der Waals surface area contributed by atoms with E-state index in [0.29, 0.717) is 28.1 Å². The van der Waals surface area contributed by atoms with Crippen molar-refractivity contribution in [2.24, 2.45) is 0 Å². The Morgan fingerprint density at radius 3 is 2.55 bits per heavy atom. The third-order valence-electron chi connectivity index (χ3n) is 2.87. The summed E-state index contributed by atoms with van der Waals surface area (Å²) in [5.74, 6) is 1.85. The molecule has 0 amide bonds. The van der Waals surface area contributed by atoms with Crippen LogP contribution in [-0.2, 0) is 0 Å². The first-order valence-corrected chi connectivity index (χ1v) is 6.21. The summed E-state index contributed by atoms with van der Waals surface area (Å²) in [5.41, 5.74) is 1.43. The van der Waals surface area contributed by atoms with Crippen LogP contribution >= 0.6 is 11.6 Å². The Morgan fingerprint density at radius 1 is 1.00 bits per heavy atom. The quantitative estimate of drug-likeness (QED) is 0.741. The molecule has 0 unspecified atom stereocenters. The maximum absolute atomic E-state index is 5.91. The summed E-state index contributed by atoms with van der Waals surface area (Å²) >= 11 is 5.91. The van der Waals surface area contributed by atoms with Crippen LogP contribution in [0, 0.1) is 0 Å². The van der Waals surface area contributed by atoms with Crippen LogP contribution in [0.15, 0.2) is 30.3 Å². The molecule has 2 heterocycles. The van der Waals surface area contributed by atoms with Gasteiger partial charge in [0.15, 0.2) is 23.0 Å². The topological polar surface area (TPSA) is 61.5 Å². The smallest absolute Gasteiger partial charge is 0.185 e. The molecule has 0 spiro atoms. The Morgan fingerprint density at radius 2 is 1.80 bits per heavy atom. The van der Waals surface area contributed by atoms with Gasteiger partial charge in [0.1, 0.15) is 5.15 Å². The predicted molar refractivity (Wildman–Crippen MR) is 74.3 cm³/mol. The number of hydrogen-bond acceptors (Lipinski definition) is 5. The number of fused-ring (bicyclic) bond motifs is 1. The Kier molecular flexibility index (Phi) is 3.15. The molecule has 0 aliphatic carbocycles. The van der Waals surface area contributed by atoms with Gasteiger partial charge in [-0.1, -0.05) is 11.6 Å². The zero-order valence-electron chi connectivity index (χ0n) is 10.9. The van der Waals surface area contributed by atoms with E-state index in [9.17, 15) is 0 Å². The van der Waals surface area contributed by atoms with Gasteiger partial charge in [-0.2, -0.15) is 9.61 Å². The number of halogens is 1. The van der Waals surface area contributed by atoms with Crippen LogP contribution in [0.4, 0.5) is 0 Å². The second-order valence-corrected chi connectivity index (χ2v) is 4.41. The summed E-state index contributed by atoms with van der Waals surface area (Å²) in [5, 5.41) is 12.8. The van der Waals surface area contributed by atoms with Crippen molar-refractivity contribution in [3.63, 3.8) is 0 Å². The minimum absolute atomic E-state index is 0.374. The van der Waals surface area contributed by atoms with E-state index in [1.807, 2.05) is 12.1 Å². The molecule has 3 aromatic rings. The normalized spacial score (nSPS) is 10.8. The van der Waals surface area contributed by atoms with Gasteiger partial charge in [0.25, 0.3) is 0 Å². The predicted octanol–water partition coefficient (Wildman–Crippen LogP) is 2.46. The van der Waals surface area contributed by atoms with E-state index in [-0.39, 0.29) is 0 Å². The van der Waals surface area contributed by atoms with Crippen molar-refractivity contribution in [3.8, 4) is 22.9 Å². The van der Waals surface area contributed by atoms with Gasteiger partial charge >= 0.3 is 0 Å². The Labute approximate surface area is 119 Å². The zero-order valence-corrected chi connectivity index (χ0v) is 11.6. The van der Waals surface area contributed by atoms with E-state index < -0.39 is 0 Å². The fourth-order valence-corrected chi connectivity index (χ4v) is 2.06. The third-order valence-corrected chi connectivity index (χ3v) is 3.07. The number of rotatable bonds is 3. The van der Waals surface area contributed by atoms with E-state index in [4.69, 9.17) is 21.1 Å². The molecule has 0 saturated carbocycles. The summed E-state index contributed by atoms with van der Waals surface area (Å²) in [4.78, 5) is 0. The van der Waals surface area contributed by atoms with Gasteiger partial charge in [0.05, 0.1) is 14.2 Å². The van der Waals surface area contributed by atoms with E-state index in [2.05, 4.69) is 15.3 Å². The molecular weight excluding hydrogens is 280 g/mol. The Balaban J connectivity index is 2.18. The lowest BCUT2D eigenvalue weighted by atomic mass is 10.2. The van der Waals surface area contributed by atoms with Crippen LogP contribution in [0.2, 0.25) is 5.15 Å². The summed E-state index contributed by atoms with van der Waals surface area (Å²) in [6.45, 7) is 0. The fraction of sp³-hybridized carbons (Fsp3) is 0.154. The maximum Gasteiger partial charge on any atom is 0.185 e. The average Bonchev–Trinajstić information content (AvgIpc) is 2.89. The summed E-state index contributed by atoms with van der Waals surface area (Å²) < 4.78 is 12.1. The van der Waals surface area contributed by atoms with Crippen LogP contribution in [-0.4, -0.2) is 34.0 Å². The molecule has 2 aromatic heterocycles. The van der Waals surface area contributed by atoms with Gasteiger partial charge in [-0.05, 0) is 30.3 Å². The van der Waals surface area contributed by atoms with E-state index in [1.54, 1.807) is 36.9 Å². The second kappa shape index (κ2) is 4.97. The third kappa shape index (κ3) is 2.04. The first-order chi connectivity index (χ1) is 9.72. The van der Waals surface area contributed by atoms with Crippen LogP contribution in [0.1, 0.15) is 0 Å². The molecule has 0 N–H and O–H groups in total. The number of benzene rings is 1. The van der Waals surface area contributed by atoms with Gasteiger partial charge < -0.3 is 9.47 Å². The molecule has 3 rings (SSSR count). The number of hydrogen-bond donors (Lipinski definition) is 0. The summed E-state index contributed by atoms with van der Waals surface area (Å²) in [6.07, 6.45) is 0. The largest absolute Gasteiger partial charge is 0.493 e. The van der Waals surface area contributed by atoms with Gasteiger partial charge in [0.2, 0.25) is 0 Å². The highest BCUT2D eigenvalue weighted by molar-refractivity contribution is 6.29. The average molecular weight is 291 g/mol. The van der Waals surface area contributed by atoms with Gasteiger partial charge in [-0.25, -0.2) is 0 Å². The van der Waals surface area contributed by atoms with E-state index in [1.165, 1.54) is 0 Å². The maximum atomic E-state index is 5.91. The molecule has 6 nitrogen and oxygen atoms in total. The lowest BCUT2D eigenvalue weighted by Gasteiger charge is -2.08. The minimum Gasteiger partial charge on any atom is -0.493 e. The van der Waals surface area contributed by atoms with Crippen molar-refractivity contribution in [1.82, 2.24) is 19.8 Å². The molecule has 0 aliphatic rings. The highest BCUT2D eigenvalue weighted by Crippen LogP contribution is 2.31. The number of aromatic nitrogens is 4. The Hall–Kier alpha value is -2.34. The van der Waals surface area contributed by atoms with Crippen LogP contribution in [0.25, 0.3) is 17.0 Å². The van der Waals surface area contributed by atoms with Gasteiger partial charge in [-0.15, -0.1) is 10.2 Å². The molecule has 0 atom stereocenters. The van der Waals surface area contributed by atoms with Crippen LogP contribution in [0.5, 0.6) is 11.5 Å². The first-order valence-electron chi connectivity index (χ1n) is 5.83. The summed E-state index contributed by atoms with van der Waals surface area (Å²) in [7, 11) is 3.17. The standard InChI is InChI=1S/C13H11ClN4O2/c1-19-9-4-3-8(7-10(9)20-2)13-16-15-12-6-5-11(14)17-18(12)13/h3-7H,1-2H3. The van der Waals surface area contributed by atoms with Crippen LogP contribution in [0.3, 0.4) is 0 Å². The SMILES string of the molecule is COc1ccc(-c2nnc3ccc(Cl)nn23)cc1OC. The van der Waals surface area contributed by atoms with E-state index >= 15 is 0 Å². The summed E-state index contributed by atoms with van der Waals surface area (Å²) in [6, 6.07) is 8.91. The van der Waals surface area contributed by atoms with Crippen molar-refractivity contribution < 1.29 is 9.47 Å². The van der Waals surface area contributed by atoms with Crippen molar-refractivity contribution in [2.75, 3.05) is 14.2 Å². The van der Waals surface area contributed by atoms with Gasteiger partial charge in [-0.3, -0.25) is 0 Å². The lowest BCUT2D eigenvalue weighted by Crippen LogP contribution is -1.96. The molecular formula is C13H11ClN4O2. The number of methoxy groups -OCH3 is 2. The van der Waals surface area contributed by atoms with Crippen molar-refractivity contribution >= 4 is 17.2 Å². The first kappa shape index (κ1) is 12.7. The monoisotopic (exact) mass is 290 g/mol. The number of ether oxygens (including phenoxy) is 2. The molecule has 1 aromatic carbocycles. The molecule has 102 valence electrons. The van der Waals surface area contributed by atoms with Crippen molar-refractivity contribution in [3.05, 3.63) is 35.5 Å². The molecule has 7 heteroatoms. The zero-order chi connectivity index (χ0) is 14.1.